The Bertz CT molecular complexity index is 1320. The molecular weight excluding hydrogens is 392 g/mol. The summed E-state index contributed by atoms with van der Waals surface area (Å²) >= 11 is 0. The number of nitrogens with one attached hydrogen (secondary N) is 2. The summed E-state index contributed by atoms with van der Waals surface area (Å²) in [6, 6.07) is 11.8. The molecule has 150 valence electrons. The summed E-state index contributed by atoms with van der Waals surface area (Å²) in [5, 5.41) is 7.33. The Morgan fingerprint density at radius 1 is 0.967 bits per heavy atom. The van der Waals surface area contributed by atoms with Crippen molar-refractivity contribution in [2.45, 2.75) is 0 Å². The van der Waals surface area contributed by atoms with E-state index < -0.39 is 17.2 Å². The van der Waals surface area contributed by atoms with Crippen LogP contribution in [0.1, 0.15) is 0 Å². The number of pyridine rings is 1. The second-order valence-corrected chi connectivity index (χ2v) is 6.83. The lowest BCUT2D eigenvalue weighted by molar-refractivity contribution is 0.252. The van der Waals surface area contributed by atoms with Crippen LogP contribution in [-0.4, -0.2) is 33.9 Å². The highest BCUT2D eigenvalue weighted by molar-refractivity contribution is 5.96. The highest BCUT2D eigenvalue weighted by atomic mass is 19.1. The van der Waals surface area contributed by atoms with Gasteiger partial charge in [0, 0.05) is 30.5 Å². The molecule has 9 heteroatoms. The number of hydrogen-bond acceptors (Lipinski definition) is 3. The number of nitrogens with zero attached hydrogens (tertiary/aromatic N) is 3. The third-order valence-electron chi connectivity index (χ3n) is 5.06. The molecule has 5 rings (SSSR count). The molecule has 30 heavy (non-hydrogen) atoms. The number of aromatic amines is 1. The normalized spacial score (nSPS) is 13.8. The molecular formula is C21H15F2N5O2. The average molecular weight is 407 g/mol. The first-order valence-electron chi connectivity index (χ1n) is 9.25. The van der Waals surface area contributed by atoms with Gasteiger partial charge in [0.15, 0.2) is 11.6 Å². The molecule has 4 aromatic rings. The summed E-state index contributed by atoms with van der Waals surface area (Å²) < 4.78 is 29.9. The molecule has 0 spiro atoms. The van der Waals surface area contributed by atoms with E-state index in [9.17, 15) is 18.4 Å². The molecule has 3 heterocycles. The number of urea groups is 1. The molecule has 0 bridgehead atoms. The Balaban J connectivity index is 1.69. The number of para-hydroxylation sites is 1. The van der Waals surface area contributed by atoms with E-state index in [2.05, 4.69) is 15.4 Å². The zero-order chi connectivity index (χ0) is 20.8. The summed E-state index contributed by atoms with van der Waals surface area (Å²) in [4.78, 5) is 28.6. The lowest BCUT2D eigenvalue weighted by Crippen LogP contribution is -2.27. The number of fused-ring (bicyclic) bond motifs is 1. The zero-order valence-corrected chi connectivity index (χ0v) is 15.5. The molecule has 7 nitrogen and oxygen atoms in total. The first kappa shape index (κ1) is 18.0. The van der Waals surface area contributed by atoms with E-state index in [0.717, 1.165) is 16.8 Å². The van der Waals surface area contributed by atoms with Gasteiger partial charge in [0.25, 0.3) is 5.56 Å². The van der Waals surface area contributed by atoms with Crippen LogP contribution in [0.5, 0.6) is 0 Å². The predicted octanol–water partition coefficient (Wildman–Crippen LogP) is 3.19. The van der Waals surface area contributed by atoms with E-state index >= 15 is 0 Å². The fourth-order valence-corrected chi connectivity index (χ4v) is 3.66. The third kappa shape index (κ3) is 2.74. The number of benzene rings is 2. The van der Waals surface area contributed by atoms with Crippen LogP contribution in [0.15, 0.2) is 59.5 Å². The number of H-pyrrole nitrogens is 1. The number of amides is 2. The van der Waals surface area contributed by atoms with Gasteiger partial charge in [-0.2, -0.15) is 5.10 Å². The van der Waals surface area contributed by atoms with Gasteiger partial charge in [-0.3, -0.25) is 9.69 Å². The Labute approximate surface area is 168 Å². The molecule has 0 aliphatic carbocycles. The maximum absolute atomic E-state index is 14.4. The van der Waals surface area contributed by atoms with Crippen LogP contribution < -0.4 is 15.8 Å². The Morgan fingerprint density at radius 2 is 1.70 bits per heavy atom. The summed E-state index contributed by atoms with van der Waals surface area (Å²) in [6.07, 6.45) is 1.40. The van der Waals surface area contributed by atoms with Gasteiger partial charge in [-0.1, -0.05) is 18.2 Å². The monoisotopic (exact) mass is 407 g/mol. The number of carbonyl (C=O) groups excluding carboxylic acids is 1. The second kappa shape index (κ2) is 6.80. The van der Waals surface area contributed by atoms with Crippen molar-refractivity contribution in [1.82, 2.24) is 20.1 Å². The van der Waals surface area contributed by atoms with Gasteiger partial charge in [0.05, 0.1) is 10.9 Å². The number of carbonyl (C=O) groups is 1. The van der Waals surface area contributed by atoms with Gasteiger partial charge in [0.2, 0.25) is 0 Å². The summed E-state index contributed by atoms with van der Waals surface area (Å²) in [5.41, 5.74) is 1.06. The zero-order valence-electron chi connectivity index (χ0n) is 15.5. The van der Waals surface area contributed by atoms with Gasteiger partial charge in [-0.25, -0.2) is 18.3 Å². The lowest BCUT2D eigenvalue weighted by Gasteiger charge is -2.14. The smallest absolute Gasteiger partial charge is 0.321 e. The van der Waals surface area contributed by atoms with Crippen LogP contribution in [0, 0.1) is 11.6 Å². The summed E-state index contributed by atoms with van der Waals surface area (Å²) in [6.45, 7) is 1.13. The van der Waals surface area contributed by atoms with E-state index in [-0.39, 0.29) is 28.3 Å². The molecule has 0 radical (unpaired) electrons. The first-order valence-corrected chi connectivity index (χ1v) is 9.25. The van der Waals surface area contributed by atoms with E-state index in [0.29, 0.717) is 24.3 Å². The third-order valence-corrected chi connectivity index (χ3v) is 5.06. The minimum Gasteiger partial charge on any atom is -0.336 e. The van der Waals surface area contributed by atoms with Gasteiger partial charge in [-0.15, -0.1) is 0 Å². The SMILES string of the molecule is O=C1NCCN1c1ccc(-c2nn(-c3c(F)cccc3F)c3cc[nH]c(=O)c23)cc1. The highest BCUT2D eigenvalue weighted by Crippen LogP contribution is 2.30. The second-order valence-electron chi connectivity index (χ2n) is 6.83. The first-order chi connectivity index (χ1) is 14.5. The van der Waals surface area contributed by atoms with E-state index in [1.54, 1.807) is 35.2 Å². The topological polar surface area (TPSA) is 83.0 Å². The van der Waals surface area contributed by atoms with Crippen LogP contribution in [0.3, 0.4) is 0 Å². The number of anilines is 1. The van der Waals surface area contributed by atoms with Crippen LogP contribution in [-0.2, 0) is 0 Å². The van der Waals surface area contributed by atoms with Crippen LogP contribution >= 0.6 is 0 Å². The fraction of sp³-hybridized carbons (Fsp3) is 0.0952. The van der Waals surface area contributed by atoms with Crippen molar-refractivity contribution in [2.75, 3.05) is 18.0 Å². The van der Waals surface area contributed by atoms with Crippen LogP contribution in [0.2, 0.25) is 0 Å². The molecule has 0 unspecified atom stereocenters. The molecule has 1 aliphatic heterocycles. The Hall–Kier alpha value is -4.01. The molecule has 2 aromatic carbocycles. The van der Waals surface area contributed by atoms with Crippen molar-refractivity contribution >= 4 is 22.6 Å². The standard InChI is InChI=1S/C21H15F2N5O2/c22-14-2-1-3-15(23)19(14)28-16-8-9-24-20(29)17(16)18(26-28)12-4-6-13(7-5-12)27-11-10-25-21(27)30/h1-9H,10-11H2,(H,24,29)(H,25,30). The van der Waals surface area contributed by atoms with Crippen molar-refractivity contribution in [3.63, 3.8) is 0 Å². The molecule has 1 aliphatic rings. The summed E-state index contributed by atoms with van der Waals surface area (Å²) in [7, 11) is 0. The van der Waals surface area contributed by atoms with E-state index in [1.807, 2.05) is 0 Å². The van der Waals surface area contributed by atoms with Crippen molar-refractivity contribution in [1.29, 1.82) is 0 Å². The minimum absolute atomic E-state index is 0.177. The summed E-state index contributed by atoms with van der Waals surface area (Å²) in [5.74, 6) is -1.58. The number of halogens is 2. The van der Waals surface area contributed by atoms with Gasteiger partial charge in [0.1, 0.15) is 11.4 Å². The highest BCUT2D eigenvalue weighted by Gasteiger charge is 2.23. The lowest BCUT2D eigenvalue weighted by atomic mass is 10.1. The maximum Gasteiger partial charge on any atom is 0.321 e. The van der Waals surface area contributed by atoms with Crippen molar-refractivity contribution < 1.29 is 13.6 Å². The number of aromatic nitrogens is 3. The predicted molar refractivity (Wildman–Crippen MR) is 108 cm³/mol. The molecule has 2 aromatic heterocycles. The quantitative estimate of drug-likeness (QED) is 0.547. The van der Waals surface area contributed by atoms with Gasteiger partial charge < -0.3 is 10.3 Å². The minimum atomic E-state index is -0.790. The maximum atomic E-state index is 14.4. The number of hydrogen-bond donors (Lipinski definition) is 2. The molecule has 0 atom stereocenters. The largest absolute Gasteiger partial charge is 0.336 e. The van der Waals surface area contributed by atoms with Crippen LogP contribution in [0.4, 0.5) is 19.3 Å². The van der Waals surface area contributed by atoms with Crippen molar-refractivity contribution in [3.05, 3.63) is 76.7 Å². The van der Waals surface area contributed by atoms with Gasteiger partial charge >= 0.3 is 6.03 Å². The molecule has 1 saturated heterocycles. The molecule has 1 fully saturated rings. The Morgan fingerprint density at radius 3 is 2.37 bits per heavy atom. The van der Waals surface area contributed by atoms with Crippen molar-refractivity contribution in [3.8, 4) is 16.9 Å². The molecule has 2 amide bonds. The van der Waals surface area contributed by atoms with Crippen molar-refractivity contribution in [2.24, 2.45) is 0 Å². The Kier molecular flexibility index (Phi) is 4.09. The average Bonchev–Trinajstić information content (AvgIpc) is 3.33. The van der Waals surface area contributed by atoms with Gasteiger partial charge in [-0.05, 0) is 30.3 Å². The van der Waals surface area contributed by atoms with Crippen LogP contribution in [0.25, 0.3) is 27.8 Å². The molecule has 2 N–H and O–H groups in total. The number of rotatable bonds is 3. The van der Waals surface area contributed by atoms with E-state index in [4.69, 9.17) is 0 Å². The van der Waals surface area contributed by atoms with E-state index in [1.165, 1.54) is 12.3 Å². The molecule has 0 saturated carbocycles. The fourth-order valence-electron chi connectivity index (χ4n) is 3.66.